The first-order valence-corrected chi connectivity index (χ1v) is 4.98. The van der Waals surface area contributed by atoms with Crippen molar-refractivity contribution in [3.8, 4) is 0 Å². The van der Waals surface area contributed by atoms with Crippen LogP contribution in [0.1, 0.15) is 48.0 Å². The molecule has 0 radical (unpaired) electrons. The maximum absolute atomic E-state index is 10.0. The molecule has 0 bridgehead atoms. The molecule has 0 heterocycles. The van der Waals surface area contributed by atoms with Gasteiger partial charge in [-0.25, -0.2) is 0 Å². The zero-order valence-corrected chi connectivity index (χ0v) is 9.39. The molecule has 0 saturated heterocycles. The fraction of sp³-hybridized carbons (Fsp3) is 1.00. The fourth-order valence-corrected chi connectivity index (χ4v) is 1.70. The van der Waals surface area contributed by atoms with Gasteiger partial charge in [-0.3, -0.25) is 0 Å². The largest absolute Gasteiger partial charge is 0.392 e. The van der Waals surface area contributed by atoms with Crippen LogP contribution in [0, 0.1) is 17.3 Å². The molecule has 0 saturated carbocycles. The summed E-state index contributed by atoms with van der Waals surface area (Å²) >= 11 is 0. The highest BCUT2D eigenvalue weighted by Crippen LogP contribution is 2.31. The predicted molar refractivity (Wildman–Crippen MR) is 54.1 cm³/mol. The SMILES string of the molecule is CCC(C(C)C)C(O)C(C)(C)C. The summed E-state index contributed by atoms with van der Waals surface area (Å²) < 4.78 is 0. The van der Waals surface area contributed by atoms with Gasteiger partial charge in [-0.15, -0.1) is 0 Å². The van der Waals surface area contributed by atoms with E-state index >= 15 is 0 Å². The summed E-state index contributed by atoms with van der Waals surface area (Å²) in [4.78, 5) is 0. The summed E-state index contributed by atoms with van der Waals surface area (Å²) in [6, 6.07) is 0. The number of rotatable bonds is 3. The van der Waals surface area contributed by atoms with E-state index in [1.165, 1.54) is 0 Å². The van der Waals surface area contributed by atoms with Crippen LogP contribution in [0.3, 0.4) is 0 Å². The van der Waals surface area contributed by atoms with Gasteiger partial charge < -0.3 is 5.11 Å². The molecule has 2 unspecified atom stereocenters. The molecule has 1 heteroatoms. The van der Waals surface area contributed by atoms with Crippen molar-refractivity contribution in [2.24, 2.45) is 17.3 Å². The van der Waals surface area contributed by atoms with Crippen LogP contribution in [0.15, 0.2) is 0 Å². The van der Waals surface area contributed by atoms with Gasteiger partial charge in [0.15, 0.2) is 0 Å². The molecule has 0 fully saturated rings. The number of aliphatic hydroxyl groups is 1. The minimum atomic E-state index is -0.178. The zero-order valence-electron chi connectivity index (χ0n) is 9.39. The Morgan fingerprint density at radius 1 is 1.17 bits per heavy atom. The smallest absolute Gasteiger partial charge is 0.0618 e. The third-order valence-electron chi connectivity index (χ3n) is 2.62. The van der Waals surface area contributed by atoms with Crippen LogP contribution in [0.5, 0.6) is 0 Å². The molecule has 2 atom stereocenters. The molecule has 0 amide bonds. The summed E-state index contributed by atoms with van der Waals surface area (Å²) in [5, 5.41) is 10.0. The molecular formula is C11H24O. The fourth-order valence-electron chi connectivity index (χ4n) is 1.70. The maximum atomic E-state index is 10.0. The summed E-state index contributed by atoms with van der Waals surface area (Å²) in [5.41, 5.74) is 0.0188. The molecule has 0 aromatic carbocycles. The minimum Gasteiger partial charge on any atom is -0.392 e. The van der Waals surface area contributed by atoms with Crippen molar-refractivity contribution in [1.29, 1.82) is 0 Å². The highest BCUT2D eigenvalue weighted by molar-refractivity contribution is 4.80. The standard InChI is InChI=1S/C11H24O/c1-7-9(8(2)3)10(12)11(4,5)6/h8-10,12H,7H2,1-6H3. The number of hydrogen-bond acceptors (Lipinski definition) is 1. The molecule has 0 aromatic rings. The van der Waals surface area contributed by atoms with Crippen LogP contribution >= 0.6 is 0 Å². The maximum Gasteiger partial charge on any atom is 0.0618 e. The second-order valence-electron chi connectivity index (χ2n) is 5.13. The van der Waals surface area contributed by atoms with Crippen LogP contribution in [-0.2, 0) is 0 Å². The first kappa shape index (κ1) is 12.0. The third-order valence-corrected chi connectivity index (χ3v) is 2.62. The van der Waals surface area contributed by atoms with E-state index in [1.807, 2.05) is 0 Å². The molecule has 0 rings (SSSR count). The van der Waals surface area contributed by atoms with Crippen LogP contribution < -0.4 is 0 Å². The highest BCUT2D eigenvalue weighted by atomic mass is 16.3. The lowest BCUT2D eigenvalue weighted by atomic mass is 9.75. The number of aliphatic hydroxyl groups excluding tert-OH is 1. The van der Waals surface area contributed by atoms with E-state index in [9.17, 15) is 5.11 Å². The van der Waals surface area contributed by atoms with Crippen LogP contribution in [0.4, 0.5) is 0 Å². The molecular weight excluding hydrogens is 148 g/mol. The van der Waals surface area contributed by atoms with Crippen molar-refractivity contribution < 1.29 is 5.11 Å². The van der Waals surface area contributed by atoms with E-state index in [0.29, 0.717) is 11.8 Å². The second kappa shape index (κ2) is 4.27. The molecule has 0 aliphatic carbocycles. The highest BCUT2D eigenvalue weighted by Gasteiger charge is 2.30. The van der Waals surface area contributed by atoms with Gasteiger partial charge in [0.05, 0.1) is 6.10 Å². The van der Waals surface area contributed by atoms with E-state index < -0.39 is 0 Å². The lowest BCUT2D eigenvalue weighted by Crippen LogP contribution is -2.36. The van der Waals surface area contributed by atoms with E-state index in [1.54, 1.807) is 0 Å². The van der Waals surface area contributed by atoms with E-state index in [0.717, 1.165) is 6.42 Å². The Kier molecular flexibility index (Phi) is 4.25. The first-order chi connectivity index (χ1) is 5.30. The Balaban J connectivity index is 4.32. The van der Waals surface area contributed by atoms with Gasteiger partial charge in [0.2, 0.25) is 0 Å². The predicted octanol–water partition coefficient (Wildman–Crippen LogP) is 3.08. The van der Waals surface area contributed by atoms with Gasteiger partial charge in [0.25, 0.3) is 0 Å². The molecule has 0 spiro atoms. The van der Waals surface area contributed by atoms with Gasteiger partial charge in [0.1, 0.15) is 0 Å². The van der Waals surface area contributed by atoms with Gasteiger partial charge in [-0.2, -0.15) is 0 Å². The van der Waals surface area contributed by atoms with Gasteiger partial charge in [-0.05, 0) is 17.3 Å². The summed E-state index contributed by atoms with van der Waals surface area (Å²) in [5.74, 6) is 1.01. The van der Waals surface area contributed by atoms with E-state index in [4.69, 9.17) is 0 Å². The van der Waals surface area contributed by atoms with Crippen LogP contribution in [0.2, 0.25) is 0 Å². The Hall–Kier alpha value is -0.0400. The molecule has 1 N–H and O–H groups in total. The van der Waals surface area contributed by atoms with Crippen molar-refractivity contribution in [2.75, 3.05) is 0 Å². The van der Waals surface area contributed by atoms with E-state index in [2.05, 4.69) is 41.5 Å². The van der Waals surface area contributed by atoms with Gasteiger partial charge >= 0.3 is 0 Å². The zero-order chi connectivity index (χ0) is 9.94. The van der Waals surface area contributed by atoms with Crippen LogP contribution in [-0.4, -0.2) is 11.2 Å². The Labute approximate surface area is 77.2 Å². The van der Waals surface area contributed by atoms with Crippen molar-refractivity contribution >= 4 is 0 Å². The molecule has 74 valence electrons. The third kappa shape index (κ3) is 3.14. The monoisotopic (exact) mass is 172 g/mol. The first-order valence-electron chi connectivity index (χ1n) is 4.98. The molecule has 1 nitrogen and oxygen atoms in total. The topological polar surface area (TPSA) is 20.2 Å². The lowest BCUT2D eigenvalue weighted by molar-refractivity contribution is -0.00722. The minimum absolute atomic E-state index is 0.0188. The Morgan fingerprint density at radius 3 is 1.67 bits per heavy atom. The molecule has 0 aromatic heterocycles. The average Bonchev–Trinajstić information content (AvgIpc) is 1.86. The molecule has 12 heavy (non-hydrogen) atoms. The van der Waals surface area contributed by atoms with Crippen molar-refractivity contribution in [1.82, 2.24) is 0 Å². The summed E-state index contributed by atoms with van der Waals surface area (Å²) in [7, 11) is 0. The molecule has 0 aliphatic rings. The van der Waals surface area contributed by atoms with Crippen molar-refractivity contribution in [3.05, 3.63) is 0 Å². The summed E-state index contributed by atoms with van der Waals surface area (Å²) in [6.07, 6.45) is 0.887. The molecule has 0 aliphatic heterocycles. The Bertz CT molecular complexity index is 121. The van der Waals surface area contributed by atoms with Crippen molar-refractivity contribution in [2.45, 2.75) is 54.1 Å². The second-order valence-corrected chi connectivity index (χ2v) is 5.13. The number of hydrogen-bond donors (Lipinski definition) is 1. The lowest BCUT2D eigenvalue weighted by Gasteiger charge is -2.34. The van der Waals surface area contributed by atoms with E-state index in [-0.39, 0.29) is 11.5 Å². The Morgan fingerprint density at radius 2 is 1.58 bits per heavy atom. The van der Waals surface area contributed by atoms with Crippen LogP contribution in [0.25, 0.3) is 0 Å². The van der Waals surface area contributed by atoms with Gasteiger partial charge in [0, 0.05) is 0 Å². The van der Waals surface area contributed by atoms with Gasteiger partial charge in [-0.1, -0.05) is 48.0 Å². The normalized spacial score (nSPS) is 18.0. The average molecular weight is 172 g/mol. The van der Waals surface area contributed by atoms with Crippen molar-refractivity contribution in [3.63, 3.8) is 0 Å². The quantitative estimate of drug-likeness (QED) is 0.693. The summed E-state index contributed by atoms with van der Waals surface area (Å²) in [6.45, 7) is 12.8.